The highest BCUT2D eigenvalue weighted by Gasteiger charge is 2.19. The van der Waals surface area contributed by atoms with Crippen LogP contribution < -0.4 is 0 Å². The van der Waals surface area contributed by atoms with Crippen molar-refractivity contribution in [1.82, 2.24) is 0 Å². The molecule has 0 fully saturated rings. The van der Waals surface area contributed by atoms with Crippen molar-refractivity contribution < 1.29 is 9.90 Å². The zero-order chi connectivity index (χ0) is 12.7. The highest BCUT2D eigenvalue weighted by molar-refractivity contribution is 6.35. The first kappa shape index (κ1) is 11.1. The zero-order valence-corrected chi connectivity index (χ0v) is 10.1. The Hall–Kier alpha value is -2.06. The van der Waals surface area contributed by atoms with E-state index in [-0.39, 0.29) is 17.1 Å². The third-order valence-corrected chi connectivity index (χ3v) is 3.34. The van der Waals surface area contributed by atoms with Gasteiger partial charge >= 0.3 is 0 Å². The van der Waals surface area contributed by atoms with Gasteiger partial charge in [-0.1, -0.05) is 35.9 Å². The molecule has 2 nitrogen and oxygen atoms in total. The zero-order valence-electron chi connectivity index (χ0n) is 9.35. The maximum Gasteiger partial charge on any atom is 0.198 e. The van der Waals surface area contributed by atoms with E-state index in [1.54, 1.807) is 36.4 Å². The SMILES string of the molecule is O=C(c1cc2c(cc1O)C=C2)c1ccccc1Cl. The largest absolute Gasteiger partial charge is 0.507 e. The number of carbonyl (C=O) groups is 1. The maximum atomic E-state index is 12.3. The fraction of sp³-hybridized carbons (Fsp3) is 0. The van der Waals surface area contributed by atoms with Gasteiger partial charge in [-0.2, -0.15) is 0 Å². The number of ketones is 1. The Labute approximate surface area is 109 Å². The Bertz CT molecular complexity index is 687. The van der Waals surface area contributed by atoms with Crippen LogP contribution in [-0.2, 0) is 0 Å². The molecule has 1 N–H and O–H groups in total. The average Bonchev–Trinajstić information content (AvgIpc) is 2.34. The van der Waals surface area contributed by atoms with Crippen molar-refractivity contribution in [2.75, 3.05) is 0 Å². The molecule has 0 radical (unpaired) electrons. The van der Waals surface area contributed by atoms with Crippen LogP contribution in [0.2, 0.25) is 5.02 Å². The second-order valence-corrected chi connectivity index (χ2v) is 4.55. The Morgan fingerprint density at radius 1 is 1.00 bits per heavy atom. The molecule has 3 rings (SSSR count). The quantitative estimate of drug-likeness (QED) is 0.709. The summed E-state index contributed by atoms with van der Waals surface area (Å²) in [5.74, 6) is -0.274. The molecule has 0 spiro atoms. The van der Waals surface area contributed by atoms with Crippen molar-refractivity contribution in [2.24, 2.45) is 0 Å². The van der Waals surface area contributed by atoms with Gasteiger partial charge in [0, 0.05) is 5.56 Å². The number of rotatable bonds is 2. The number of hydrogen-bond acceptors (Lipinski definition) is 2. The first-order valence-corrected chi connectivity index (χ1v) is 5.89. The summed E-state index contributed by atoms with van der Waals surface area (Å²) in [4.78, 5) is 12.3. The predicted molar refractivity (Wildman–Crippen MR) is 71.9 cm³/mol. The molecule has 18 heavy (non-hydrogen) atoms. The Morgan fingerprint density at radius 2 is 1.67 bits per heavy atom. The van der Waals surface area contributed by atoms with Crippen LogP contribution in [0.25, 0.3) is 12.2 Å². The summed E-state index contributed by atoms with van der Waals surface area (Å²) in [7, 11) is 0. The normalized spacial score (nSPS) is 11.8. The molecule has 0 aromatic heterocycles. The lowest BCUT2D eigenvalue weighted by Gasteiger charge is -2.13. The van der Waals surface area contributed by atoms with E-state index in [0.29, 0.717) is 10.6 Å². The summed E-state index contributed by atoms with van der Waals surface area (Å²) in [5.41, 5.74) is 2.59. The van der Waals surface area contributed by atoms with Crippen molar-refractivity contribution in [1.29, 1.82) is 0 Å². The summed E-state index contributed by atoms with van der Waals surface area (Å²) in [6, 6.07) is 10.1. The summed E-state index contributed by atoms with van der Waals surface area (Å²) in [6.45, 7) is 0. The van der Waals surface area contributed by atoms with E-state index in [1.165, 1.54) is 0 Å². The van der Waals surface area contributed by atoms with Gasteiger partial charge < -0.3 is 5.11 Å². The van der Waals surface area contributed by atoms with E-state index in [1.807, 2.05) is 12.2 Å². The fourth-order valence-corrected chi connectivity index (χ4v) is 2.19. The van der Waals surface area contributed by atoms with Crippen LogP contribution in [0, 0.1) is 0 Å². The lowest BCUT2D eigenvalue weighted by molar-refractivity contribution is 0.103. The standard InChI is InChI=1S/C15H9ClO2/c16-13-4-2-1-3-11(13)15(18)12-7-9-5-6-10(9)8-14(12)17/h1-8,17H. The van der Waals surface area contributed by atoms with E-state index in [4.69, 9.17) is 11.6 Å². The molecule has 0 atom stereocenters. The van der Waals surface area contributed by atoms with Crippen molar-refractivity contribution in [3.8, 4) is 5.75 Å². The minimum Gasteiger partial charge on any atom is -0.507 e. The minimum atomic E-state index is -0.263. The van der Waals surface area contributed by atoms with Gasteiger partial charge in [0.2, 0.25) is 0 Å². The Balaban J connectivity index is 2.09. The van der Waals surface area contributed by atoms with Gasteiger partial charge in [-0.25, -0.2) is 0 Å². The van der Waals surface area contributed by atoms with Gasteiger partial charge in [-0.05, 0) is 35.4 Å². The molecule has 0 saturated carbocycles. The van der Waals surface area contributed by atoms with Crippen LogP contribution in [0.1, 0.15) is 27.0 Å². The molecule has 0 bridgehead atoms. The Kier molecular flexibility index (Phi) is 2.46. The van der Waals surface area contributed by atoms with E-state index in [2.05, 4.69) is 0 Å². The molecule has 1 aliphatic rings. The molecule has 88 valence electrons. The van der Waals surface area contributed by atoms with Crippen LogP contribution >= 0.6 is 11.6 Å². The van der Waals surface area contributed by atoms with E-state index in [9.17, 15) is 9.90 Å². The van der Waals surface area contributed by atoms with Crippen molar-refractivity contribution in [3.63, 3.8) is 0 Å². The molecule has 0 saturated heterocycles. The van der Waals surface area contributed by atoms with Crippen LogP contribution in [0.5, 0.6) is 5.75 Å². The van der Waals surface area contributed by atoms with E-state index < -0.39 is 0 Å². The molecule has 3 heteroatoms. The first-order chi connectivity index (χ1) is 8.66. The van der Waals surface area contributed by atoms with E-state index >= 15 is 0 Å². The molecule has 0 unspecified atom stereocenters. The summed E-state index contributed by atoms with van der Waals surface area (Å²) in [5, 5.41) is 10.3. The van der Waals surface area contributed by atoms with Crippen LogP contribution in [0.4, 0.5) is 0 Å². The highest BCUT2D eigenvalue weighted by Crippen LogP contribution is 2.32. The number of carbonyl (C=O) groups excluding carboxylic acids is 1. The number of fused-ring (bicyclic) bond motifs is 1. The monoisotopic (exact) mass is 256 g/mol. The minimum absolute atomic E-state index is 0.0111. The third kappa shape index (κ3) is 1.62. The highest BCUT2D eigenvalue weighted by atomic mass is 35.5. The van der Waals surface area contributed by atoms with Crippen molar-refractivity contribution in [3.05, 3.63) is 63.7 Å². The van der Waals surface area contributed by atoms with Crippen LogP contribution in [-0.4, -0.2) is 10.9 Å². The van der Waals surface area contributed by atoms with Crippen LogP contribution in [0.3, 0.4) is 0 Å². The average molecular weight is 257 g/mol. The lowest BCUT2D eigenvalue weighted by atomic mass is 9.92. The molecule has 2 aromatic rings. The number of phenolic OH excluding ortho intramolecular Hbond substituents is 1. The molecular weight excluding hydrogens is 248 g/mol. The van der Waals surface area contributed by atoms with Gasteiger partial charge in [0.05, 0.1) is 10.6 Å². The second-order valence-electron chi connectivity index (χ2n) is 4.14. The molecule has 0 amide bonds. The second kappa shape index (κ2) is 4.00. The maximum absolute atomic E-state index is 12.3. The van der Waals surface area contributed by atoms with Gasteiger partial charge in [0.1, 0.15) is 5.75 Å². The van der Waals surface area contributed by atoms with Gasteiger partial charge in [-0.3, -0.25) is 4.79 Å². The van der Waals surface area contributed by atoms with Crippen molar-refractivity contribution in [2.45, 2.75) is 0 Å². The molecule has 2 aromatic carbocycles. The summed E-state index contributed by atoms with van der Waals surface area (Å²) >= 11 is 5.99. The number of hydrogen-bond donors (Lipinski definition) is 1. The number of halogens is 1. The van der Waals surface area contributed by atoms with Gasteiger partial charge in [-0.15, -0.1) is 0 Å². The van der Waals surface area contributed by atoms with Crippen molar-refractivity contribution >= 4 is 29.5 Å². The molecule has 0 aliphatic heterocycles. The number of phenols is 1. The Morgan fingerprint density at radius 3 is 2.33 bits per heavy atom. The molecule has 1 aliphatic carbocycles. The molecular formula is C15H9ClO2. The smallest absolute Gasteiger partial charge is 0.198 e. The lowest BCUT2D eigenvalue weighted by Crippen LogP contribution is -2.04. The molecule has 0 heterocycles. The number of benzene rings is 2. The van der Waals surface area contributed by atoms with Gasteiger partial charge in [0.25, 0.3) is 0 Å². The third-order valence-electron chi connectivity index (χ3n) is 3.01. The topological polar surface area (TPSA) is 37.3 Å². The predicted octanol–water partition coefficient (Wildman–Crippen LogP) is 3.76. The number of aromatic hydroxyl groups is 1. The summed E-state index contributed by atoms with van der Waals surface area (Å²) < 4.78 is 0. The summed E-state index contributed by atoms with van der Waals surface area (Å²) in [6.07, 6.45) is 3.79. The fourth-order valence-electron chi connectivity index (χ4n) is 1.97. The first-order valence-electron chi connectivity index (χ1n) is 5.51. The van der Waals surface area contributed by atoms with E-state index in [0.717, 1.165) is 11.1 Å². The van der Waals surface area contributed by atoms with Crippen LogP contribution in [0.15, 0.2) is 36.4 Å². The van der Waals surface area contributed by atoms with Gasteiger partial charge in [0.15, 0.2) is 5.78 Å².